The molecule has 0 saturated heterocycles. The molecule has 88 valence electrons. The van der Waals surface area contributed by atoms with Gasteiger partial charge in [-0.15, -0.1) is 0 Å². The number of amides is 1. The summed E-state index contributed by atoms with van der Waals surface area (Å²) in [6.45, 7) is 0. The van der Waals surface area contributed by atoms with Gasteiger partial charge in [-0.05, 0) is 18.2 Å². The highest BCUT2D eigenvalue weighted by molar-refractivity contribution is 6.04. The molecule has 6 heteroatoms. The highest BCUT2D eigenvalue weighted by Gasteiger charge is 2.08. The molecule has 0 radical (unpaired) electrons. The molecule has 0 fully saturated rings. The molecule has 0 spiro atoms. The van der Waals surface area contributed by atoms with Crippen LogP contribution in [-0.2, 0) is 7.05 Å². The fourth-order valence-corrected chi connectivity index (χ4v) is 1.36. The number of nitrogen functional groups attached to an aromatic ring is 1. The van der Waals surface area contributed by atoms with E-state index in [9.17, 15) is 9.18 Å². The van der Waals surface area contributed by atoms with E-state index in [1.165, 1.54) is 29.1 Å². The van der Waals surface area contributed by atoms with Gasteiger partial charge in [-0.1, -0.05) is 0 Å². The van der Waals surface area contributed by atoms with Crippen molar-refractivity contribution < 1.29 is 9.18 Å². The van der Waals surface area contributed by atoms with Crippen molar-refractivity contribution in [3.8, 4) is 0 Å². The summed E-state index contributed by atoms with van der Waals surface area (Å²) in [6.07, 6.45) is 3.03. The van der Waals surface area contributed by atoms with Gasteiger partial charge in [0.15, 0.2) is 0 Å². The molecular formula is C11H11FN4O. The third kappa shape index (κ3) is 2.41. The van der Waals surface area contributed by atoms with E-state index in [0.29, 0.717) is 11.3 Å². The van der Waals surface area contributed by atoms with E-state index in [2.05, 4.69) is 10.4 Å². The molecule has 2 rings (SSSR count). The second-order valence-electron chi connectivity index (χ2n) is 3.59. The summed E-state index contributed by atoms with van der Waals surface area (Å²) in [5, 5.41) is 6.48. The minimum atomic E-state index is -0.510. The molecule has 1 heterocycles. The van der Waals surface area contributed by atoms with Crippen LogP contribution < -0.4 is 11.1 Å². The van der Waals surface area contributed by atoms with Crippen LogP contribution >= 0.6 is 0 Å². The van der Waals surface area contributed by atoms with Gasteiger partial charge in [0.1, 0.15) is 5.82 Å². The van der Waals surface area contributed by atoms with E-state index in [-0.39, 0.29) is 11.6 Å². The first-order chi connectivity index (χ1) is 8.06. The lowest BCUT2D eigenvalue weighted by Gasteiger charge is -2.04. The van der Waals surface area contributed by atoms with Crippen molar-refractivity contribution in [2.45, 2.75) is 0 Å². The van der Waals surface area contributed by atoms with Gasteiger partial charge in [0.2, 0.25) is 0 Å². The Hall–Kier alpha value is -2.37. The number of aromatic nitrogens is 2. The maximum absolute atomic E-state index is 12.9. The SMILES string of the molecule is Cn1cc(C(=O)Nc2ccc(F)c(N)c2)cn1. The van der Waals surface area contributed by atoms with Gasteiger partial charge in [0.25, 0.3) is 5.91 Å². The molecule has 17 heavy (non-hydrogen) atoms. The van der Waals surface area contributed by atoms with Crippen molar-refractivity contribution in [2.75, 3.05) is 11.1 Å². The topological polar surface area (TPSA) is 72.9 Å². The number of anilines is 2. The number of carbonyl (C=O) groups is 1. The van der Waals surface area contributed by atoms with Crippen LogP contribution in [0.2, 0.25) is 0 Å². The first-order valence-electron chi connectivity index (χ1n) is 4.91. The Morgan fingerprint density at radius 2 is 2.29 bits per heavy atom. The van der Waals surface area contributed by atoms with Crippen LogP contribution in [0.5, 0.6) is 0 Å². The molecule has 1 aromatic carbocycles. The lowest BCUT2D eigenvalue weighted by Crippen LogP contribution is -2.11. The molecule has 1 amide bonds. The fourth-order valence-electron chi connectivity index (χ4n) is 1.36. The van der Waals surface area contributed by atoms with Crippen molar-refractivity contribution in [1.29, 1.82) is 0 Å². The summed E-state index contributed by atoms with van der Waals surface area (Å²) in [4.78, 5) is 11.7. The van der Waals surface area contributed by atoms with Crippen molar-refractivity contribution in [3.63, 3.8) is 0 Å². The molecule has 0 unspecified atom stereocenters. The molecular weight excluding hydrogens is 223 g/mol. The number of hydrogen-bond donors (Lipinski definition) is 2. The number of hydrogen-bond acceptors (Lipinski definition) is 3. The third-order valence-electron chi connectivity index (χ3n) is 2.22. The Balaban J connectivity index is 2.15. The van der Waals surface area contributed by atoms with Gasteiger partial charge >= 0.3 is 0 Å². The van der Waals surface area contributed by atoms with Gasteiger partial charge in [0.05, 0.1) is 17.4 Å². The monoisotopic (exact) mass is 234 g/mol. The quantitative estimate of drug-likeness (QED) is 0.771. The second kappa shape index (κ2) is 4.25. The van der Waals surface area contributed by atoms with Gasteiger partial charge in [0, 0.05) is 18.9 Å². The van der Waals surface area contributed by atoms with Crippen LogP contribution in [0.15, 0.2) is 30.6 Å². The predicted octanol–water partition coefficient (Wildman–Crippen LogP) is 1.39. The van der Waals surface area contributed by atoms with Crippen LogP contribution in [-0.4, -0.2) is 15.7 Å². The first-order valence-corrected chi connectivity index (χ1v) is 4.91. The summed E-state index contributed by atoms with van der Waals surface area (Å²) >= 11 is 0. The Bertz CT molecular complexity index is 564. The van der Waals surface area contributed by atoms with Gasteiger partial charge < -0.3 is 11.1 Å². The number of nitrogens with zero attached hydrogens (tertiary/aromatic N) is 2. The Labute approximate surface area is 97.0 Å². The molecule has 0 aliphatic carbocycles. The Morgan fingerprint density at radius 1 is 1.53 bits per heavy atom. The zero-order valence-corrected chi connectivity index (χ0v) is 9.14. The van der Waals surface area contributed by atoms with E-state index in [4.69, 9.17) is 5.73 Å². The van der Waals surface area contributed by atoms with Crippen molar-refractivity contribution >= 4 is 17.3 Å². The summed E-state index contributed by atoms with van der Waals surface area (Å²) in [5.41, 5.74) is 6.26. The second-order valence-corrected chi connectivity index (χ2v) is 3.59. The summed E-state index contributed by atoms with van der Waals surface area (Å²) in [5.74, 6) is -0.825. The van der Waals surface area contributed by atoms with Gasteiger partial charge in [-0.3, -0.25) is 9.48 Å². The average molecular weight is 234 g/mol. The molecule has 0 atom stereocenters. The molecule has 0 saturated carbocycles. The van der Waals surface area contributed by atoms with Gasteiger partial charge in [-0.2, -0.15) is 5.10 Å². The maximum atomic E-state index is 12.9. The van der Waals surface area contributed by atoms with E-state index < -0.39 is 5.82 Å². The minimum Gasteiger partial charge on any atom is -0.396 e. The largest absolute Gasteiger partial charge is 0.396 e. The van der Waals surface area contributed by atoms with Crippen LogP contribution in [0.1, 0.15) is 10.4 Å². The number of nitrogens with one attached hydrogen (secondary N) is 1. The Morgan fingerprint density at radius 3 is 2.88 bits per heavy atom. The number of nitrogens with two attached hydrogens (primary N) is 1. The standard InChI is InChI=1S/C11H11FN4O/c1-16-6-7(5-14-16)11(17)15-8-2-3-9(12)10(13)4-8/h2-6H,13H2,1H3,(H,15,17). The smallest absolute Gasteiger partial charge is 0.258 e. The molecule has 0 bridgehead atoms. The molecule has 0 aliphatic rings. The van der Waals surface area contributed by atoms with E-state index in [0.717, 1.165) is 0 Å². The molecule has 2 aromatic rings. The maximum Gasteiger partial charge on any atom is 0.258 e. The minimum absolute atomic E-state index is 0.00557. The van der Waals surface area contributed by atoms with Crippen LogP contribution in [0, 0.1) is 5.82 Å². The summed E-state index contributed by atoms with van der Waals surface area (Å²) in [6, 6.07) is 4.01. The summed E-state index contributed by atoms with van der Waals surface area (Å²) in [7, 11) is 1.71. The molecule has 1 aromatic heterocycles. The first kappa shape index (κ1) is 11.1. The Kier molecular flexibility index (Phi) is 2.78. The number of halogens is 1. The highest BCUT2D eigenvalue weighted by Crippen LogP contribution is 2.16. The van der Waals surface area contributed by atoms with E-state index >= 15 is 0 Å². The summed E-state index contributed by atoms with van der Waals surface area (Å²) < 4.78 is 14.4. The van der Waals surface area contributed by atoms with E-state index in [1.807, 2.05) is 0 Å². The molecule has 0 aliphatic heterocycles. The highest BCUT2D eigenvalue weighted by atomic mass is 19.1. The van der Waals surface area contributed by atoms with Crippen molar-refractivity contribution in [1.82, 2.24) is 9.78 Å². The zero-order valence-electron chi connectivity index (χ0n) is 9.14. The average Bonchev–Trinajstić information content (AvgIpc) is 2.70. The van der Waals surface area contributed by atoms with Crippen LogP contribution in [0.25, 0.3) is 0 Å². The lowest BCUT2D eigenvalue weighted by atomic mass is 10.2. The van der Waals surface area contributed by atoms with Gasteiger partial charge in [-0.25, -0.2) is 4.39 Å². The van der Waals surface area contributed by atoms with Crippen LogP contribution in [0.4, 0.5) is 15.8 Å². The third-order valence-corrected chi connectivity index (χ3v) is 2.22. The molecule has 5 nitrogen and oxygen atoms in total. The number of benzene rings is 1. The van der Waals surface area contributed by atoms with Crippen LogP contribution in [0.3, 0.4) is 0 Å². The fraction of sp³-hybridized carbons (Fsp3) is 0.0909. The van der Waals surface area contributed by atoms with E-state index in [1.54, 1.807) is 13.2 Å². The lowest BCUT2D eigenvalue weighted by molar-refractivity contribution is 0.102. The predicted molar refractivity (Wildman–Crippen MR) is 62.0 cm³/mol. The zero-order chi connectivity index (χ0) is 12.4. The number of rotatable bonds is 2. The number of carbonyl (C=O) groups excluding carboxylic acids is 1. The van der Waals surface area contributed by atoms with Crippen molar-refractivity contribution in [3.05, 3.63) is 42.0 Å². The van der Waals surface area contributed by atoms with Crippen molar-refractivity contribution in [2.24, 2.45) is 7.05 Å². The number of aryl methyl sites for hydroxylation is 1. The normalized spacial score (nSPS) is 10.2. The molecule has 3 N–H and O–H groups in total.